The average molecular weight is 354 g/mol. The quantitative estimate of drug-likeness (QED) is 0.524. The molecule has 0 unspecified atom stereocenters. The van der Waals surface area contributed by atoms with Crippen LogP contribution in [0.5, 0.6) is 0 Å². The first kappa shape index (κ1) is 12.8. The van der Waals surface area contributed by atoms with Crippen LogP contribution in [0.15, 0.2) is 45.9 Å². The molecule has 4 nitrogen and oxygen atoms in total. The van der Waals surface area contributed by atoms with Crippen molar-refractivity contribution in [3.05, 3.63) is 57.1 Å². The molecule has 5 heteroatoms. The van der Waals surface area contributed by atoms with Gasteiger partial charge in [-0.25, -0.2) is 5.43 Å². The molecule has 0 radical (unpaired) electrons. The van der Waals surface area contributed by atoms with Gasteiger partial charge in [-0.15, -0.1) is 0 Å². The van der Waals surface area contributed by atoms with Crippen LogP contribution in [-0.4, -0.2) is 12.1 Å². The van der Waals surface area contributed by atoms with Gasteiger partial charge in [0.1, 0.15) is 5.76 Å². The van der Waals surface area contributed by atoms with E-state index in [1.165, 1.54) is 6.21 Å². The van der Waals surface area contributed by atoms with Gasteiger partial charge in [-0.05, 0) is 53.8 Å². The largest absolute Gasteiger partial charge is 0.449 e. The molecule has 0 bridgehead atoms. The Hall–Kier alpha value is -1.63. The predicted octanol–water partition coefficient (Wildman–Crippen LogP) is 2.96. The fourth-order valence-electron chi connectivity index (χ4n) is 1.40. The first-order chi connectivity index (χ1) is 8.65. The second-order valence-electron chi connectivity index (χ2n) is 3.71. The summed E-state index contributed by atoms with van der Waals surface area (Å²) in [5, 5.41) is 3.84. The number of furan rings is 1. The third-order valence-corrected chi connectivity index (χ3v) is 2.81. The number of carbonyl (C=O) groups excluding carboxylic acids is 1. The normalized spacial score (nSPS) is 10.8. The molecule has 0 aliphatic carbocycles. The first-order valence-electron chi connectivity index (χ1n) is 5.30. The summed E-state index contributed by atoms with van der Waals surface area (Å²) < 4.78 is 6.05. The zero-order valence-corrected chi connectivity index (χ0v) is 11.8. The second kappa shape index (κ2) is 5.81. The highest BCUT2D eigenvalue weighted by molar-refractivity contribution is 14.1. The molecule has 92 valence electrons. The summed E-state index contributed by atoms with van der Waals surface area (Å²) in [5.74, 6) is 0.361. The van der Waals surface area contributed by atoms with E-state index in [2.05, 4.69) is 33.1 Å². The van der Waals surface area contributed by atoms with Gasteiger partial charge < -0.3 is 4.42 Å². The monoisotopic (exact) mass is 354 g/mol. The topological polar surface area (TPSA) is 54.6 Å². The van der Waals surface area contributed by atoms with E-state index in [-0.39, 0.29) is 5.91 Å². The maximum absolute atomic E-state index is 11.7. The number of rotatable bonds is 3. The van der Waals surface area contributed by atoms with E-state index < -0.39 is 0 Å². The average Bonchev–Trinajstić information content (AvgIpc) is 2.75. The summed E-state index contributed by atoms with van der Waals surface area (Å²) in [4.78, 5) is 11.7. The van der Waals surface area contributed by atoms with E-state index >= 15 is 0 Å². The van der Waals surface area contributed by atoms with Crippen molar-refractivity contribution in [2.24, 2.45) is 5.10 Å². The Bertz CT molecular complexity index is 590. The molecule has 0 saturated carbocycles. The fourth-order valence-corrected chi connectivity index (χ4v) is 1.84. The van der Waals surface area contributed by atoms with Crippen LogP contribution in [-0.2, 0) is 0 Å². The smallest absolute Gasteiger partial charge is 0.271 e. The Balaban J connectivity index is 1.98. The van der Waals surface area contributed by atoms with Crippen molar-refractivity contribution in [1.29, 1.82) is 0 Å². The van der Waals surface area contributed by atoms with E-state index in [1.807, 2.05) is 25.1 Å². The SMILES string of the molecule is Cc1cccc(C(=O)N/N=C/c2ccc(I)o2)c1. The molecule has 1 heterocycles. The van der Waals surface area contributed by atoms with Crippen molar-refractivity contribution in [3.63, 3.8) is 0 Å². The number of nitrogens with one attached hydrogen (secondary N) is 1. The lowest BCUT2D eigenvalue weighted by molar-refractivity contribution is 0.0955. The van der Waals surface area contributed by atoms with Crippen LogP contribution in [0.25, 0.3) is 0 Å². The number of nitrogens with zero attached hydrogens (tertiary/aromatic N) is 1. The lowest BCUT2D eigenvalue weighted by Crippen LogP contribution is -2.17. The maximum atomic E-state index is 11.7. The molecule has 0 fully saturated rings. The van der Waals surface area contributed by atoms with E-state index in [1.54, 1.807) is 18.2 Å². The summed E-state index contributed by atoms with van der Waals surface area (Å²) in [6, 6.07) is 10.9. The molecular weight excluding hydrogens is 343 g/mol. The molecule has 1 amide bonds. The minimum atomic E-state index is -0.240. The van der Waals surface area contributed by atoms with E-state index in [0.717, 1.165) is 9.33 Å². The van der Waals surface area contributed by atoms with Crippen LogP contribution in [0.3, 0.4) is 0 Å². The van der Waals surface area contributed by atoms with Crippen LogP contribution < -0.4 is 5.43 Å². The van der Waals surface area contributed by atoms with Gasteiger partial charge in [0.25, 0.3) is 5.91 Å². The van der Waals surface area contributed by atoms with Crippen LogP contribution >= 0.6 is 22.6 Å². The molecule has 18 heavy (non-hydrogen) atoms. The molecule has 2 aromatic rings. The van der Waals surface area contributed by atoms with E-state index in [4.69, 9.17) is 4.42 Å². The summed E-state index contributed by atoms with van der Waals surface area (Å²) in [5.41, 5.74) is 4.07. The molecule has 2 rings (SSSR count). The van der Waals surface area contributed by atoms with Gasteiger partial charge in [0.2, 0.25) is 0 Å². The molecule has 0 aliphatic rings. The summed E-state index contributed by atoms with van der Waals surface area (Å²) >= 11 is 2.06. The number of aryl methyl sites for hydroxylation is 1. The lowest BCUT2D eigenvalue weighted by atomic mass is 10.1. The zero-order valence-electron chi connectivity index (χ0n) is 9.68. The van der Waals surface area contributed by atoms with Gasteiger partial charge in [0.05, 0.1) is 6.21 Å². The predicted molar refractivity (Wildman–Crippen MR) is 77.7 cm³/mol. The van der Waals surface area contributed by atoms with Crippen molar-refractivity contribution in [1.82, 2.24) is 5.43 Å². The lowest BCUT2D eigenvalue weighted by Gasteiger charge is -2.00. The number of hydrogen-bond donors (Lipinski definition) is 1. The Morgan fingerprint density at radius 3 is 2.89 bits per heavy atom. The highest BCUT2D eigenvalue weighted by Gasteiger charge is 2.03. The van der Waals surface area contributed by atoms with Gasteiger partial charge in [0, 0.05) is 5.56 Å². The van der Waals surface area contributed by atoms with Crippen LogP contribution in [0.4, 0.5) is 0 Å². The van der Waals surface area contributed by atoms with Crippen molar-refractivity contribution in [3.8, 4) is 0 Å². The van der Waals surface area contributed by atoms with E-state index in [0.29, 0.717) is 11.3 Å². The van der Waals surface area contributed by atoms with Crippen LogP contribution in [0.2, 0.25) is 0 Å². The molecule has 1 N–H and O–H groups in total. The number of carbonyl (C=O) groups is 1. The molecule has 0 aliphatic heterocycles. The summed E-state index contributed by atoms with van der Waals surface area (Å²) in [7, 11) is 0. The molecule has 0 saturated heterocycles. The molecular formula is C13H11IN2O2. The van der Waals surface area contributed by atoms with Crippen molar-refractivity contribution >= 4 is 34.7 Å². The molecule has 0 atom stereocenters. The molecule has 1 aromatic heterocycles. The summed E-state index contributed by atoms with van der Waals surface area (Å²) in [6.45, 7) is 1.94. The summed E-state index contributed by atoms with van der Waals surface area (Å²) in [6.07, 6.45) is 1.47. The minimum absolute atomic E-state index is 0.240. The van der Waals surface area contributed by atoms with E-state index in [9.17, 15) is 4.79 Å². The van der Waals surface area contributed by atoms with Crippen LogP contribution in [0, 0.1) is 10.7 Å². The Morgan fingerprint density at radius 1 is 1.39 bits per heavy atom. The number of halogens is 1. The molecule has 0 spiro atoms. The number of hydrazone groups is 1. The third-order valence-electron chi connectivity index (χ3n) is 2.23. The Kier molecular flexibility index (Phi) is 4.14. The Morgan fingerprint density at radius 2 is 2.22 bits per heavy atom. The zero-order chi connectivity index (χ0) is 13.0. The number of hydrogen-bond acceptors (Lipinski definition) is 3. The minimum Gasteiger partial charge on any atom is -0.449 e. The maximum Gasteiger partial charge on any atom is 0.271 e. The Labute approximate surface area is 118 Å². The van der Waals surface area contributed by atoms with Crippen LogP contribution in [0.1, 0.15) is 21.7 Å². The van der Waals surface area contributed by atoms with Gasteiger partial charge in [0.15, 0.2) is 3.77 Å². The highest BCUT2D eigenvalue weighted by atomic mass is 127. The molecule has 1 aromatic carbocycles. The number of benzene rings is 1. The van der Waals surface area contributed by atoms with Crippen molar-refractivity contribution in [2.75, 3.05) is 0 Å². The first-order valence-corrected chi connectivity index (χ1v) is 6.38. The van der Waals surface area contributed by atoms with Crippen molar-refractivity contribution < 1.29 is 9.21 Å². The van der Waals surface area contributed by atoms with Gasteiger partial charge in [-0.1, -0.05) is 17.7 Å². The second-order valence-corrected chi connectivity index (χ2v) is 4.77. The van der Waals surface area contributed by atoms with Gasteiger partial charge in [-0.2, -0.15) is 5.10 Å². The highest BCUT2D eigenvalue weighted by Crippen LogP contribution is 2.07. The number of amides is 1. The third kappa shape index (κ3) is 3.43. The van der Waals surface area contributed by atoms with Gasteiger partial charge in [-0.3, -0.25) is 4.79 Å². The fraction of sp³-hybridized carbons (Fsp3) is 0.0769. The van der Waals surface area contributed by atoms with Gasteiger partial charge >= 0.3 is 0 Å². The standard InChI is InChI=1S/C13H11IN2O2/c1-9-3-2-4-10(7-9)13(17)16-15-8-11-5-6-12(14)18-11/h2-8H,1H3,(H,16,17)/b15-8+. The van der Waals surface area contributed by atoms with Crippen molar-refractivity contribution in [2.45, 2.75) is 6.92 Å².